The van der Waals surface area contributed by atoms with E-state index in [0.29, 0.717) is 0 Å². The summed E-state index contributed by atoms with van der Waals surface area (Å²) in [5.41, 5.74) is 0. The molecule has 1 heterocycles. The molecule has 0 aromatic rings. The molecule has 0 unspecified atom stereocenters. The second-order valence-corrected chi connectivity index (χ2v) is 2.47. The third kappa shape index (κ3) is 1.50. The lowest BCUT2D eigenvalue weighted by atomic mass is 10.1. The normalized spacial score (nSPS) is 37.2. The highest BCUT2D eigenvalue weighted by molar-refractivity contribution is 5.77. The zero-order chi connectivity index (χ0) is 8.43. The Bertz CT molecular complexity index is 161. The fourth-order valence-corrected chi connectivity index (χ4v) is 1.06. The van der Waals surface area contributed by atoms with Gasteiger partial charge >= 0.3 is 5.97 Å². The molecule has 0 saturated carbocycles. The van der Waals surface area contributed by atoms with Gasteiger partial charge in [-0.3, -0.25) is 10.1 Å². The lowest BCUT2D eigenvalue weighted by Gasteiger charge is -2.12. The van der Waals surface area contributed by atoms with Gasteiger partial charge in [-0.2, -0.15) is 0 Å². The average Bonchev–Trinajstić information content (AvgIpc) is 2.32. The second-order valence-electron chi connectivity index (χ2n) is 2.47. The quantitative estimate of drug-likeness (QED) is 0.382. The molecular weight excluding hydrogens is 150 g/mol. The summed E-state index contributed by atoms with van der Waals surface area (Å²) in [7, 11) is 1.24. The molecule has 0 aromatic carbocycles. The van der Waals surface area contributed by atoms with Crippen LogP contribution in [0.15, 0.2) is 0 Å². The molecule has 11 heavy (non-hydrogen) atoms. The number of carbonyl (C=O) groups is 1. The third-order valence-corrected chi connectivity index (χ3v) is 1.74. The number of carbonyl (C=O) groups excluding carboxylic acids is 1. The number of β-amino-alcohol motifs (C(OH)–C–C–N with tert-alkyl or cyclic N) is 1. The number of nitrogens with one attached hydrogen (secondary N) is 1. The van der Waals surface area contributed by atoms with Crippen LogP contribution in [-0.4, -0.2) is 48.1 Å². The van der Waals surface area contributed by atoms with Crippen LogP contribution in [0.3, 0.4) is 0 Å². The van der Waals surface area contributed by atoms with Crippen molar-refractivity contribution in [3.05, 3.63) is 0 Å². The molecule has 5 nitrogen and oxygen atoms in total. The van der Waals surface area contributed by atoms with Gasteiger partial charge in [-0.1, -0.05) is 0 Å². The molecule has 5 heteroatoms. The molecule has 0 spiro atoms. The summed E-state index contributed by atoms with van der Waals surface area (Å²) >= 11 is 0. The van der Waals surface area contributed by atoms with Gasteiger partial charge in [0.2, 0.25) is 0 Å². The topological polar surface area (TPSA) is 78.8 Å². The average molecular weight is 161 g/mol. The summed E-state index contributed by atoms with van der Waals surface area (Å²) in [5.74, 6) is -0.547. The van der Waals surface area contributed by atoms with Crippen LogP contribution in [-0.2, 0) is 9.53 Å². The number of hydrogen-bond donors (Lipinski definition) is 3. The first-order chi connectivity index (χ1) is 5.16. The van der Waals surface area contributed by atoms with E-state index in [1.165, 1.54) is 7.11 Å². The van der Waals surface area contributed by atoms with Crippen molar-refractivity contribution in [3.8, 4) is 0 Å². The lowest BCUT2D eigenvalue weighted by molar-refractivity contribution is -0.145. The van der Waals surface area contributed by atoms with E-state index >= 15 is 0 Å². The van der Waals surface area contributed by atoms with E-state index < -0.39 is 24.2 Å². The Kier molecular flexibility index (Phi) is 2.43. The Morgan fingerprint density at radius 2 is 2.27 bits per heavy atom. The number of ether oxygens (including phenoxy) is 1. The van der Waals surface area contributed by atoms with Crippen LogP contribution in [0.2, 0.25) is 0 Å². The van der Waals surface area contributed by atoms with Gasteiger partial charge in [0.1, 0.15) is 12.1 Å². The molecule has 0 bridgehead atoms. The minimum Gasteiger partial charge on any atom is -0.468 e. The number of rotatable bonds is 1. The maximum absolute atomic E-state index is 10.8. The number of aliphatic hydroxyl groups is 2. The van der Waals surface area contributed by atoms with Crippen LogP contribution in [0, 0.1) is 0 Å². The standard InChI is InChI=1S/C6H11NO4/c1-11-6(10)4-5(9)3(8)2-7-4/h3-5,7-9H,2H2,1H3/t3-,4-,5-/m0/s1. The monoisotopic (exact) mass is 161 g/mol. The lowest BCUT2D eigenvalue weighted by Crippen LogP contribution is -2.40. The molecule has 0 radical (unpaired) electrons. The van der Waals surface area contributed by atoms with Crippen LogP contribution >= 0.6 is 0 Å². The van der Waals surface area contributed by atoms with E-state index in [1.54, 1.807) is 0 Å². The summed E-state index contributed by atoms with van der Waals surface area (Å²) in [6, 6.07) is -0.782. The molecule has 0 amide bonds. The zero-order valence-corrected chi connectivity index (χ0v) is 6.15. The second kappa shape index (κ2) is 3.17. The Labute approximate surface area is 64.0 Å². The van der Waals surface area contributed by atoms with E-state index in [-0.39, 0.29) is 6.54 Å². The predicted octanol–water partition coefficient (Wildman–Crippen LogP) is -2.15. The van der Waals surface area contributed by atoms with Crippen LogP contribution in [0.25, 0.3) is 0 Å². The SMILES string of the molecule is COC(=O)[C@H]1NC[C@H](O)[C@@H]1O. The van der Waals surface area contributed by atoms with Gasteiger partial charge in [-0.15, -0.1) is 0 Å². The van der Waals surface area contributed by atoms with Gasteiger partial charge < -0.3 is 14.9 Å². The van der Waals surface area contributed by atoms with Gasteiger partial charge in [0.25, 0.3) is 0 Å². The highest BCUT2D eigenvalue weighted by atomic mass is 16.5. The van der Waals surface area contributed by atoms with Crippen molar-refractivity contribution in [2.24, 2.45) is 0 Å². The van der Waals surface area contributed by atoms with E-state index in [0.717, 1.165) is 0 Å². The molecule has 3 atom stereocenters. The Morgan fingerprint density at radius 1 is 1.64 bits per heavy atom. The van der Waals surface area contributed by atoms with Crippen LogP contribution in [0.4, 0.5) is 0 Å². The van der Waals surface area contributed by atoms with Gasteiger partial charge in [-0.25, -0.2) is 0 Å². The summed E-state index contributed by atoms with van der Waals surface area (Å²) in [6.07, 6.45) is -1.93. The highest BCUT2D eigenvalue weighted by Gasteiger charge is 2.38. The van der Waals surface area contributed by atoms with Crippen molar-refractivity contribution in [2.75, 3.05) is 13.7 Å². The fourth-order valence-electron chi connectivity index (χ4n) is 1.06. The summed E-state index contributed by atoms with van der Waals surface area (Å²) in [4.78, 5) is 10.8. The maximum Gasteiger partial charge on any atom is 0.325 e. The number of aliphatic hydroxyl groups excluding tert-OH is 2. The highest BCUT2D eigenvalue weighted by Crippen LogP contribution is 2.08. The summed E-state index contributed by atoms with van der Waals surface area (Å²) in [5, 5.41) is 20.8. The summed E-state index contributed by atoms with van der Waals surface area (Å²) < 4.78 is 4.38. The molecule has 1 saturated heterocycles. The van der Waals surface area contributed by atoms with Crippen molar-refractivity contribution in [3.63, 3.8) is 0 Å². The van der Waals surface area contributed by atoms with E-state index in [1.807, 2.05) is 0 Å². The maximum atomic E-state index is 10.8. The number of esters is 1. The Hall–Kier alpha value is -0.650. The van der Waals surface area contributed by atoms with Crippen molar-refractivity contribution >= 4 is 5.97 Å². The van der Waals surface area contributed by atoms with Crippen LogP contribution in [0.1, 0.15) is 0 Å². The van der Waals surface area contributed by atoms with Crippen molar-refractivity contribution in [1.29, 1.82) is 0 Å². The van der Waals surface area contributed by atoms with Gasteiger partial charge in [-0.05, 0) is 0 Å². The molecule has 0 aliphatic carbocycles. The number of methoxy groups -OCH3 is 1. The number of hydrogen-bond acceptors (Lipinski definition) is 5. The zero-order valence-electron chi connectivity index (χ0n) is 6.15. The van der Waals surface area contributed by atoms with Gasteiger partial charge in [0.15, 0.2) is 0 Å². The van der Waals surface area contributed by atoms with E-state index in [9.17, 15) is 4.79 Å². The van der Waals surface area contributed by atoms with Crippen molar-refractivity contribution < 1.29 is 19.7 Å². The van der Waals surface area contributed by atoms with Gasteiger partial charge in [0, 0.05) is 6.54 Å². The molecule has 0 aromatic heterocycles. The van der Waals surface area contributed by atoms with Crippen molar-refractivity contribution in [1.82, 2.24) is 5.32 Å². The summed E-state index contributed by atoms with van der Waals surface area (Å²) in [6.45, 7) is 0.223. The first kappa shape index (κ1) is 8.45. The van der Waals surface area contributed by atoms with Crippen LogP contribution < -0.4 is 5.32 Å². The molecule has 3 N–H and O–H groups in total. The van der Waals surface area contributed by atoms with Crippen LogP contribution in [0.5, 0.6) is 0 Å². The largest absolute Gasteiger partial charge is 0.468 e. The van der Waals surface area contributed by atoms with Gasteiger partial charge in [0.05, 0.1) is 13.2 Å². The molecule has 1 fully saturated rings. The smallest absolute Gasteiger partial charge is 0.325 e. The minimum atomic E-state index is -1.05. The van der Waals surface area contributed by atoms with Crippen molar-refractivity contribution in [2.45, 2.75) is 18.2 Å². The predicted molar refractivity (Wildman–Crippen MR) is 35.8 cm³/mol. The molecule has 64 valence electrons. The molecule has 1 rings (SSSR count). The Morgan fingerprint density at radius 3 is 2.64 bits per heavy atom. The first-order valence-corrected chi connectivity index (χ1v) is 3.34. The van der Waals surface area contributed by atoms with E-state index in [4.69, 9.17) is 10.2 Å². The Balaban J connectivity index is 2.54. The fraction of sp³-hybridized carbons (Fsp3) is 0.833. The molecule has 1 aliphatic heterocycles. The van der Waals surface area contributed by atoms with E-state index in [2.05, 4.69) is 10.1 Å². The first-order valence-electron chi connectivity index (χ1n) is 3.34. The molecule has 1 aliphatic rings. The molecular formula is C6H11NO4. The third-order valence-electron chi connectivity index (χ3n) is 1.74. The minimum absolute atomic E-state index is 0.223.